The minimum absolute atomic E-state index is 0.112. The molecule has 0 aliphatic rings. The van der Waals surface area contributed by atoms with Crippen LogP contribution in [-0.2, 0) is 6.54 Å². The normalized spacial score (nSPS) is 10.9. The summed E-state index contributed by atoms with van der Waals surface area (Å²) in [7, 11) is 5.33. The molecule has 0 aliphatic carbocycles. The number of rotatable bonds is 3. The third-order valence-electron chi connectivity index (χ3n) is 2.82. The lowest BCUT2D eigenvalue weighted by atomic mass is 10.1. The van der Waals surface area contributed by atoms with Crippen molar-refractivity contribution in [1.29, 1.82) is 0 Å². The Bertz CT molecular complexity index is 585. The van der Waals surface area contributed by atoms with Gasteiger partial charge in [0.05, 0.1) is 0 Å². The predicted molar refractivity (Wildman–Crippen MR) is 71.7 cm³/mol. The van der Waals surface area contributed by atoms with Crippen LogP contribution in [0.25, 0.3) is 11.0 Å². The molecule has 4 nitrogen and oxygen atoms in total. The first-order valence-corrected chi connectivity index (χ1v) is 5.92. The third-order valence-corrected chi connectivity index (χ3v) is 2.82. The van der Waals surface area contributed by atoms with E-state index in [1.807, 2.05) is 26.1 Å². The molecule has 1 aromatic carbocycles. The van der Waals surface area contributed by atoms with E-state index in [-0.39, 0.29) is 5.91 Å². The Labute approximate surface area is 107 Å². The van der Waals surface area contributed by atoms with Crippen LogP contribution in [0, 0.1) is 6.92 Å². The second-order valence-corrected chi connectivity index (χ2v) is 4.68. The van der Waals surface area contributed by atoms with E-state index in [1.54, 1.807) is 14.1 Å². The van der Waals surface area contributed by atoms with E-state index in [0.717, 1.165) is 28.6 Å². The Morgan fingerprint density at radius 1 is 1.33 bits per heavy atom. The maximum atomic E-state index is 11.9. The molecule has 0 unspecified atom stereocenters. The van der Waals surface area contributed by atoms with Crippen LogP contribution in [0.3, 0.4) is 0 Å². The Balaban J connectivity index is 2.56. The molecule has 2 aromatic rings. The van der Waals surface area contributed by atoms with Crippen molar-refractivity contribution < 1.29 is 9.21 Å². The average Bonchev–Trinajstić information content (AvgIpc) is 2.71. The van der Waals surface area contributed by atoms with Gasteiger partial charge < -0.3 is 14.6 Å². The van der Waals surface area contributed by atoms with Gasteiger partial charge in [0.1, 0.15) is 5.58 Å². The van der Waals surface area contributed by atoms with Crippen molar-refractivity contribution >= 4 is 16.9 Å². The lowest BCUT2D eigenvalue weighted by Crippen LogP contribution is -2.20. The number of nitrogens with one attached hydrogen (secondary N) is 1. The first-order chi connectivity index (χ1) is 8.52. The molecule has 18 heavy (non-hydrogen) atoms. The summed E-state index contributed by atoms with van der Waals surface area (Å²) in [5, 5.41) is 4.09. The molecule has 2 rings (SSSR count). The number of aryl methyl sites for hydroxylation is 1. The van der Waals surface area contributed by atoms with Crippen molar-refractivity contribution in [1.82, 2.24) is 10.2 Å². The van der Waals surface area contributed by atoms with E-state index >= 15 is 0 Å². The maximum Gasteiger partial charge on any atom is 0.289 e. The van der Waals surface area contributed by atoms with Crippen LogP contribution < -0.4 is 5.32 Å². The van der Waals surface area contributed by atoms with E-state index < -0.39 is 0 Å². The fourth-order valence-corrected chi connectivity index (χ4v) is 2.04. The van der Waals surface area contributed by atoms with Gasteiger partial charge in [0.15, 0.2) is 5.76 Å². The molecule has 96 valence electrons. The first-order valence-electron chi connectivity index (χ1n) is 5.92. The molecule has 0 saturated carbocycles. The number of hydrogen-bond acceptors (Lipinski definition) is 3. The zero-order valence-corrected chi connectivity index (χ0v) is 11.2. The topological polar surface area (TPSA) is 45.5 Å². The standard InChI is InChI=1S/C14H18N2O2/c1-9-5-10-7-12(14(17)16(3)4)18-13(10)11(6-9)8-15-2/h5-7,15H,8H2,1-4H3. The summed E-state index contributed by atoms with van der Waals surface area (Å²) in [5.41, 5.74) is 3.03. The van der Waals surface area contributed by atoms with Crippen molar-refractivity contribution in [2.45, 2.75) is 13.5 Å². The van der Waals surface area contributed by atoms with Gasteiger partial charge in [-0.15, -0.1) is 0 Å². The van der Waals surface area contributed by atoms with Crippen LogP contribution in [0.4, 0.5) is 0 Å². The van der Waals surface area contributed by atoms with Crippen LogP contribution in [0.1, 0.15) is 21.7 Å². The van der Waals surface area contributed by atoms with Crippen LogP contribution in [0.5, 0.6) is 0 Å². The molecular weight excluding hydrogens is 228 g/mol. The van der Waals surface area contributed by atoms with Gasteiger partial charge in [-0.2, -0.15) is 0 Å². The molecule has 0 fully saturated rings. The van der Waals surface area contributed by atoms with Gasteiger partial charge in [0.25, 0.3) is 5.91 Å². The molecule has 4 heteroatoms. The van der Waals surface area contributed by atoms with E-state index in [9.17, 15) is 4.79 Å². The van der Waals surface area contributed by atoms with Crippen molar-refractivity contribution in [2.24, 2.45) is 0 Å². The molecule has 1 N–H and O–H groups in total. The molecule has 0 bridgehead atoms. The number of fused-ring (bicyclic) bond motifs is 1. The van der Waals surface area contributed by atoms with Crippen LogP contribution in [-0.4, -0.2) is 32.0 Å². The van der Waals surface area contributed by atoms with Gasteiger partial charge in [-0.05, 0) is 31.7 Å². The first kappa shape index (κ1) is 12.6. The highest BCUT2D eigenvalue weighted by Crippen LogP contribution is 2.25. The summed E-state index contributed by atoms with van der Waals surface area (Å²) in [6, 6.07) is 5.92. The largest absolute Gasteiger partial charge is 0.451 e. The summed E-state index contributed by atoms with van der Waals surface area (Å²) in [6.07, 6.45) is 0. The molecule has 1 amide bonds. The zero-order valence-electron chi connectivity index (χ0n) is 11.2. The van der Waals surface area contributed by atoms with Crippen molar-refractivity contribution in [3.63, 3.8) is 0 Å². The summed E-state index contributed by atoms with van der Waals surface area (Å²) in [4.78, 5) is 13.4. The van der Waals surface area contributed by atoms with Gasteiger partial charge in [-0.25, -0.2) is 0 Å². The molecule has 0 aliphatic heterocycles. The number of carbonyl (C=O) groups is 1. The fraction of sp³-hybridized carbons (Fsp3) is 0.357. The number of amides is 1. The number of furan rings is 1. The Kier molecular flexibility index (Phi) is 3.39. The van der Waals surface area contributed by atoms with E-state index in [2.05, 4.69) is 11.4 Å². The molecule has 0 spiro atoms. The minimum Gasteiger partial charge on any atom is -0.451 e. The highest BCUT2D eigenvalue weighted by molar-refractivity contribution is 5.96. The highest BCUT2D eigenvalue weighted by Gasteiger charge is 2.16. The second-order valence-electron chi connectivity index (χ2n) is 4.68. The van der Waals surface area contributed by atoms with Crippen molar-refractivity contribution in [3.05, 3.63) is 35.1 Å². The quantitative estimate of drug-likeness (QED) is 0.902. The Morgan fingerprint density at radius 2 is 2.06 bits per heavy atom. The van der Waals surface area contributed by atoms with Crippen LogP contribution >= 0.6 is 0 Å². The third kappa shape index (κ3) is 2.24. The Hall–Kier alpha value is -1.81. The van der Waals surface area contributed by atoms with Gasteiger partial charge in [-0.3, -0.25) is 4.79 Å². The van der Waals surface area contributed by atoms with Crippen LogP contribution in [0.2, 0.25) is 0 Å². The lowest BCUT2D eigenvalue weighted by molar-refractivity contribution is 0.0799. The number of carbonyl (C=O) groups excluding carboxylic acids is 1. The zero-order chi connectivity index (χ0) is 13.3. The molecule has 0 atom stereocenters. The fourth-order valence-electron chi connectivity index (χ4n) is 2.04. The highest BCUT2D eigenvalue weighted by atomic mass is 16.3. The van der Waals surface area contributed by atoms with Crippen molar-refractivity contribution in [3.8, 4) is 0 Å². The van der Waals surface area contributed by atoms with E-state index in [4.69, 9.17) is 4.42 Å². The molecule has 1 aromatic heterocycles. The van der Waals surface area contributed by atoms with E-state index in [1.165, 1.54) is 4.90 Å². The lowest BCUT2D eigenvalue weighted by Gasteiger charge is -2.06. The number of benzene rings is 1. The summed E-state index contributed by atoms with van der Waals surface area (Å²) in [6.45, 7) is 2.76. The summed E-state index contributed by atoms with van der Waals surface area (Å²) < 4.78 is 5.70. The summed E-state index contributed by atoms with van der Waals surface area (Å²) >= 11 is 0. The maximum absolute atomic E-state index is 11.9. The molecule has 1 heterocycles. The predicted octanol–water partition coefficient (Wildman–Crippen LogP) is 2.16. The smallest absolute Gasteiger partial charge is 0.289 e. The van der Waals surface area contributed by atoms with Crippen LogP contribution in [0.15, 0.2) is 22.6 Å². The average molecular weight is 246 g/mol. The monoisotopic (exact) mass is 246 g/mol. The summed E-state index contributed by atoms with van der Waals surface area (Å²) in [5.74, 6) is 0.275. The SMILES string of the molecule is CNCc1cc(C)cc2cc(C(=O)N(C)C)oc12. The minimum atomic E-state index is -0.112. The number of hydrogen-bond donors (Lipinski definition) is 1. The molecule has 0 radical (unpaired) electrons. The van der Waals surface area contributed by atoms with E-state index in [0.29, 0.717) is 5.76 Å². The van der Waals surface area contributed by atoms with Gasteiger partial charge in [0.2, 0.25) is 0 Å². The second kappa shape index (κ2) is 4.82. The number of nitrogens with zero attached hydrogens (tertiary/aromatic N) is 1. The van der Waals surface area contributed by atoms with Gasteiger partial charge in [0, 0.05) is 31.6 Å². The van der Waals surface area contributed by atoms with Crippen molar-refractivity contribution in [2.75, 3.05) is 21.1 Å². The van der Waals surface area contributed by atoms with Gasteiger partial charge in [-0.1, -0.05) is 6.07 Å². The Morgan fingerprint density at radius 3 is 2.67 bits per heavy atom. The molecule has 0 saturated heterocycles. The van der Waals surface area contributed by atoms with Gasteiger partial charge >= 0.3 is 0 Å². The molecular formula is C14H18N2O2.